The Bertz CT molecular complexity index is 664. The van der Waals surface area contributed by atoms with Crippen LogP contribution in [0.4, 0.5) is 0 Å². The molecule has 2 aromatic rings. The molecule has 5 heteroatoms. The van der Waals surface area contributed by atoms with Crippen LogP contribution in [0, 0.1) is 0 Å². The van der Waals surface area contributed by atoms with Gasteiger partial charge in [-0.3, -0.25) is 0 Å². The van der Waals surface area contributed by atoms with E-state index < -0.39 is 0 Å². The van der Waals surface area contributed by atoms with Gasteiger partial charge in [0.05, 0.1) is 13.2 Å². The lowest BCUT2D eigenvalue weighted by Crippen LogP contribution is -2.24. The van der Waals surface area contributed by atoms with E-state index in [1.807, 2.05) is 31.2 Å². The van der Waals surface area contributed by atoms with E-state index in [9.17, 15) is 5.11 Å². The summed E-state index contributed by atoms with van der Waals surface area (Å²) in [4.78, 5) is 0. The summed E-state index contributed by atoms with van der Waals surface area (Å²) < 4.78 is 22.5. The normalized spacial score (nSPS) is 17.8. The number of ether oxygens (including phenoxy) is 4. The lowest BCUT2D eigenvalue weighted by Gasteiger charge is -2.22. The Hall–Kier alpha value is -1.98. The molecule has 3 rings (SSSR count). The molecule has 1 saturated heterocycles. The van der Waals surface area contributed by atoms with Crippen LogP contribution < -0.4 is 9.47 Å². The average Bonchev–Trinajstić information content (AvgIpc) is 2.62. The van der Waals surface area contributed by atoms with E-state index in [0.717, 1.165) is 42.4 Å². The van der Waals surface area contributed by atoms with Gasteiger partial charge in [0.25, 0.3) is 0 Å². The summed E-state index contributed by atoms with van der Waals surface area (Å²) in [7, 11) is 0. The molecular weight excluding hydrogens is 308 g/mol. The van der Waals surface area contributed by atoms with E-state index in [4.69, 9.17) is 18.9 Å². The van der Waals surface area contributed by atoms with Crippen LogP contribution >= 0.6 is 0 Å². The SMILES string of the molecule is CCOc1ccc2c(OCCOC3CCCCO3)cccc2c1O. The molecule has 130 valence electrons. The molecule has 1 aliphatic rings. The minimum atomic E-state index is -0.104. The van der Waals surface area contributed by atoms with Crippen molar-refractivity contribution >= 4 is 10.8 Å². The first-order valence-electron chi connectivity index (χ1n) is 8.53. The standard InChI is InChI=1S/C19H24O5/c1-2-21-17-10-9-14-15(19(17)20)6-5-7-16(14)22-12-13-24-18-8-3-4-11-23-18/h5-7,9-10,18,20H,2-4,8,11-13H2,1H3. The largest absolute Gasteiger partial charge is 0.504 e. The fourth-order valence-electron chi connectivity index (χ4n) is 2.86. The zero-order valence-electron chi connectivity index (χ0n) is 14.0. The first-order chi connectivity index (χ1) is 11.8. The quantitative estimate of drug-likeness (QED) is 0.780. The molecule has 0 aliphatic carbocycles. The number of aromatic hydroxyl groups is 1. The molecule has 5 nitrogen and oxygen atoms in total. The zero-order valence-corrected chi connectivity index (χ0v) is 14.0. The highest BCUT2D eigenvalue weighted by Crippen LogP contribution is 2.38. The van der Waals surface area contributed by atoms with Crippen molar-refractivity contribution in [1.29, 1.82) is 0 Å². The maximum absolute atomic E-state index is 10.3. The first-order valence-corrected chi connectivity index (χ1v) is 8.53. The molecule has 1 N–H and O–H groups in total. The van der Waals surface area contributed by atoms with Gasteiger partial charge >= 0.3 is 0 Å². The van der Waals surface area contributed by atoms with Crippen LogP contribution in [0.1, 0.15) is 26.2 Å². The third-order valence-electron chi connectivity index (χ3n) is 4.04. The first kappa shape index (κ1) is 16.9. The number of hydrogen-bond donors (Lipinski definition) is 1. The summed E-state index contributed by atoms with van der Waals surface area (Å²) >= 11 is 0. The second kappa shape index (κ2) is 8.22. The number of fused-ring (bicyclic) bond motifs is 1. The molecule has 1 heterocycles. The molecule has 24 heavy (non-hydrogen) atoms. The van der Waals surface area contributed by atoms with Crippen molar-refractivity contribution in [2.24, 2.45) is 0 Å². The predicted octanol–water partition coefficient (Wildman–Crippen LogP) is 3.87. The molecule has 0 amide bonds. The van der Waals surface area contributed by atoms with E-state index in [2.05, 4.69) is 0 Å². The van der Waals surface area contributed by atoms with Crippen LogP contribution in [-0.4, -0.2) is 37.8 Å². The Labute approximate surface area is 142 Å². The third-order valence-corrected chi connectivity index (χ3v) is 4.04. The van der Waals surface area contributed by atoms with Crippen LogP contribution in [0.15, 0.2) is 30.3 Å². The van der Waals surface area contributed by atoms with Crippen molar-refractivity contribution in [1.82, 2.24) is 0 Å². The predicted molar refractivity (Wildman–Crippen MR) is 91.8 cm³/mol. The molecule has 1 atom stereocenters. The van der Waals surface area contributed by atoms with Gasteiger partial charge < -0.3 is 24.1 Å². The van der Waals surface area contributed by atoms with E-state index in [0.29, 0.717) is 25.6 Å². The molecule has 0 radical (unpaired) electrons. The molecule has 1 aliphatic heterocycles. The van der Waals surface area contributed by atoms with Crippen molar-refractivity contribution in [3.05, 3.63) is 30.3 Å². The molecule has 0 saturated carbocycles. The summed E-state index contributed by atoms with van der Waals surface area (Å²) in [6.07, 6.45) is 3.10. The molecule has 0 bridgehead atoms. The summed E-state index contributed by atoms with van der Waals surface area (Å²) in [5, 5.41) is 11.9. The fourth-order valence-corrected chi connectivity index (χ4v) is 2.86. The molecule has 1 unspecified atom stereocenters. The highest BCUT2D eigenvalue weighted by molar-refractivity contribution is 5.94. The van der Waals surface area contributed by atoms with Crippen molar-refractivity contribution < 1.29 is 24.1 Å². The van der Waals surface area contributed by atoms with Crippen LogP contribution in [-0.2, 0) is 9.47 Å². The Morgan fingerprint density at radius 2 is 1.96 bits per heavy atom. The molecule has 0 aromatic heterocycles. The van der Waals surface area contributed by atoms with E-state index in [1.165, 1.54) is 0 Å². The van der Waals surface area contributed by atoms with Gasteiger partial charge in [0.15, 0.2) is 17.8 Å². The van der Waals surface area contributed by atoms with E-state index >= 15 is 0 Å². The van der Waals surface area contributed by atoms with Crippen LogP contribution in [0.25, 0.3) is 10.8 Å². The van der Waals surface area contributed by atoms with Crippen molar-refractivity contribution in [3.8, 4) is 17.2 Å². The van der Waals surface area contributed by atoms with Gasteiger partial charge in [-0.15, -0.1) is 0 Å². The van der Waals surface area contributed by atoms with Gasteiger partial charge in [-0.1, -0.05) is 12.1 Å². The smallest absolute Gasteiger partial charge is 0.165 e. The molecule has 0 spiro atoms. The zero-order chi connectivity index (χ0) is 16.8. The van der Waals surface area contributed by atoms with E-state index in [-0.39, 0.29) is 12.0 Å². The topological polar surface area (TPSA) is 57.2 Å². The van der Waals surface area contributed by atoms with Gasteiger partial charge in [0.1, 0.15) is 12.4 Å². The minimum absolute atomic E-state index is 0.104. The summed E-state index contributed by atoms with van der Waals surface area (Å²) in [5.41, 5.74) is 0. The van der Waals surface area contributed by atoms with Crippen molar-refractivity contribution in [2.45, 2.75) is 32.5 Å². The molecule has 1 fully saturated rings. The lowest BCUT2D eigenvalue weighted by atomic mass is 10.1. The number of rotatable bonds is 7. The maximum atomic E-state index is 10.3. The van der Waals surface area contributed by atoms with Crippen molar-refractivity contribution in [2.75, 3.05) is 26.4 Å². The highest BCUT2D eigenvalue weighted by Gasteiger charge is 2.14. The summed E-state index contributed by atoms with van der Waals surface area (Å²) in [6, 6.07) is 9.27. The Morgan fingerprint density at radius 1 is 1.04 bits per heavy atom. The lowest BCUT2D eigenvalue weighted by molar-refractivity contribution is -0.165. The minimum Gasteiger partial charge on any atom is -0.504 e. The van der Waals surface area contributed by atoms with Crippen LogP contribution in [0.2, 0.25) is 0 Å². The number of phenolic OH excluding ortho intramolecular Hbond substituents is 1. The molecule has 2 aromatic carbocycles. The maximum Gasteiger partial charge on any atom is 0.165 e. The van der Waals surface area contributed by atoms with Crippen LogP contribution in [0.3, 0.4) is 0 Å². The number of benzene rings is 2. The number of phenols is 1. The van der Waals surface area contributed by atoms with Gasteiger partial charge in [-0.2, -0.15) is 0 Å². The Morgan fingerprint density at radius 3 is 2.75 bits per heavy atom. The average molecular weight is 332 g/mol. The third kappa shape index (κ3) is 3.91. The Balaban J connectivity index is 1.63. The summed E-state index contributed by atoms with van der Waals surface area (Å²) in [5.74, 6) is 1.35. The van der Waals surface area contributed by atoms with Gasteiger partial charge in [-0.25, -0.2) is 0 Å². The van der Waals surface area contributed by atoms with Gasteiger partial charge in [0, 0.05) is 17.4 Å². The monoisotopic (exact) mass is 332 g/mol. The highest BCUT2D eigenvalue weighted by atomic mass is 16.7. The number of hydrogen-bond acceptors (Lipinski definition) is 5. The van der Waals surface area contributed by atoms with Gasteiger partial charge in [-0.05, 0) is 44.4 Å². The second-order valence-electron chi connectivity index (χ2n) is 5.71. The summed E-state index contributed by atoms with van der Waals surface area (Å²) in [6.45, 7) is 4.09. The van der Waals surface area contributed by atoms with Crippen LogP contribution in [0.5, 0.6) is 17.2 Å². The Kier molecular flexibility index (Phi) is 5.77. The fraction of sp³-hybridized carbons (Fsp3) is 0.474. The molecular formula is C19H24O5. The van der Waals surface area contributed by atoms with E-state index in [1.54, 1.807) is 6.07 Å². The van der Waals surface area contributed by atoms with Crippen molar-refractivity contribution in [3.63, 3.8) is 0 Å². The second-order valence-corrected chi connectivity index (χ2v) is 5.71. The van der Waals surface area contributed by atoms with Gasteiger partial charge in [0.2, 0.25) is 0 Å².